The van der Waals surface area contributed by atoms with Gasteiger partial charge in [-0.2, -0.15) is 0 Å². The number of unbranched alkanes of at least 4 members (excludes halogenated alkanes) is 2. The van der Waals surface area contributed by atoms with Crippen LogP contribution >= 0.6 is 0 Å². The molecule has 1 amide bonds. The van der Waals surface area contributed by atoms with E-state index in [1.807, 2.05) is 0 Å². The second-order valence-corrected chi connectivity index (χ2v) is 5.68. The van der Waals surface area contributed by atoms with E-state index in [1.165, 1.54) is 6.08 Å². The maximum Gasteiger partial charge on any atom is 0.407 e. The smallest absolute Gasteiger partial charge is 0.407 e. The van der Waals surface area contributed by atoms with E-state index in [1.54, 1.807) is 0 Å². The molecular formula is C10H17NO4S. The van der Waals surface area contributed by atoms with Crippen molar-refractivity contribution >= 4 is 15.9 Å². The number of amides is 1. The first-order valence-corrected chi connectivity index (χ1v) is 7.09. The summed E-state index contributed by atoms with van der Waals surface area (Å²) in [6.07, 6.45) is 3.83. The third-order valence-electron chi connectivity index (χ3n) is 2.21. The maximum atomic E-state index is 11.2. The summed E-state index contributed by atoms with van der Waals surface area (Å²) >= 11 is 0. The quantitative estimate of drug-likeness (QED) is 0.741. The van der Waals surface area contributed by atoms with Gasteiger partial charge >= 0.3 is 6.09 Å². The van der Waals surface area contributed by atoms with E-state index in [4.69, 9.17) is 4.74 Å². The summed E-state index contributed by atoms with van der Waals surface area (Å²) in [5.74, 6) is -0.0724. The van der Waals surface area contributed by atoms with Gasteiger partial charge in [0.2, 0.25) is 0 Å². The Labute approximate surface area is 95.8 Å². The number of sulfone groups is 1. The first-order chi connectivity index (χ1) is 7.53. The number of carbonyl (C=O) groups is 1. The van der Waals surface area contributed by atoms with Crippen molar-refractivity contribution in [1.82, 2.24) is 5.32 Å². The predicted octanol–water partition coefficient (Wildman–Crippen LogP) is 1.21. The molecule has 0 spiro atoms. The number of carbonyl (C=O) groups excluding carboxylic acids is 1. The number of hydrogen-bond acceptors (Lipinski definition) is 4. The van der Waals surface area contributed by atoms with Gasteiger partial charge in [0, 0.05) is 5.41 Å². The van der Waals surface area contributed by atoms with Crippen LogP contribution in [0.25, 0.3) is 0 Å². The van der Waals surface area contributed by atoms with Gasteiger partial charge < -0.3 is 10.1 Å². The van der Waals surface area contributed by atoms with Gasteiger partial charge in [-0.25, -0.2) is 13.2 Å². The molecular weight excluding hydrogens is 230 g/mol. The minimum atomic E-state index is -3.12. The van der Waals surface area contributed by atoms with Crippen LogP contribution in [0.5, 0.6) is 0 Å². The summed E-state index contributed by atoms with van der Waals surface area (Å²) < 4.78 is 27.0. The molecule has 92 valence electrons. The van der Waals surface area contributed by atoms with Crippen molar-refractivity contribution in [3.8, 4) is 0 Å². The van der Waals surface area contributed by atoms with Crippen LogP contribution in [0.1, 0.15) is 26.2 Å². The van der Waals surface area contributed by atoms with Crippen LogP contribution in [0, 0.1) is 0 Å². The van der Waals surface area contributed by atoms with Crippen molar-refractivity contribution in [3.05, 3.63) is 11.5 Å². The molecule has 0 bridgehead atoms. The zero-order valence-corrected chi connectivity index (χ0v) is 10.1. The Morgan fingerprint density at radius 2 is 2.25 bits per heavy atom. The second kappa shape index (κ2) is 5.89. The molecule has 1 N–H and O–H groups in total. The summed E-state index contributed by atoms with van der Waals surface area (Å²) in [6.45, 7) is 2.44. The van der Waals surface area contributed by atoms with Crippen molar-refractivity contribution in [2.45, 2.75) is 32.2 Å². The lowest BCUT2D eigenvalue weighted by Gasteiger charge is -2.10. The molecule has 1 rings (SSSR count). The van der Waals surface area contributed by atoms with Gasteiger partial charge in [-0.15, -0.1) is 0 Å². The van der Waals surface area contributed by atoms with Crippen LogP contribution < -0.4 is 5.32 Å². The van der Waals surface area contributed by atoms with Crippen molar-refractivity contribution in [3.63, 3.8) is 0 Å². The highest BCUT2D eigenvalue weighted by Gasteiger charge is 2.23. The van der Waals surface area contributed by atoms with Gasteiger partial charge in [0.15, 0.2) is 9.84 Å². The van der Waals surface area contributed by atoms with Crippen LogP contribution in [0.3, 0.4) is 0 Å². The number of nitrogens with one attached hydrogen (secondary N) is 1. The number of hydrogen-bond donors (Lipinski definition) is 1. The number of alkyl carbamates (subject to hydrolysis) is 1. The van der Waals surface area contributed by atoms with Gasteiger partial charge in [0.05, 0.1) is 18.4 Å². The van der Waals surface area contributed by atoms with Crippen molar-refractivity contribution < 1.29 is 17.9 Å². The number of ether oxygens (including phenoxy) is 1. The SMILES string of the molecule is CCCCCOC(=O)NC1C=CS(=O)(=O)C1. The third kappa shape index (κ3) is 4.65. The molecule has 1 unspecified atom stereocenters. The maximum absolute atomic E-state index is 11.2. The monoisotopic (exact) mass is 247 g/mol. The Morgan fingerprint density at radius 1 is 1.50 bits per heavy atom. The largest absolute Gasteiger partial charge is 0.450 e. The van der Waals surface area contributed by atoms with Crippen LogP contribution in [-0.2, 0) is 14.6 Å². The zero-order chi connectivity index (χ0) is 12.0. The van der Waals surface area contributed by atoms with E-state index >= 15 is 0 Å². The van der Waals surface area contributed by atoms with E-state index in [0.29, 0.717) is 6.61 Å². The fourth-order valence-electron chi connectivity index (χ4n) is 1.38. The summed E-state index contributed by atoms with van der Waals surface area (Å²) in [6, 6.07) is -0.455. The molecule has 1 aliphatic rings. The third-order valence-corrected chi connectivity index (χ3v) is 3.61. The first kappa shape index (κ1) is 13.0. The van der Waals surface area contributed by atoms with Crippen LogP contribution in [-0.4, -0.2) is 32.9 Å². The summed E-state index contributed by atoms with van der Waals surface area (Å²) in [5.41, 5.74) is 0. The number of rotatable bonds is 5. The molecule has 0 saturated carbocycles. The molecule has 1 atom stereocenters. The Kier molecular flexibility index (Phi) is 4.79. The zero-order valence-electron chi connectivity index (χ0n) is 9.31. The minimum absolute atomic E-state index is 0.0724. The molecule has 0 radical (unpaired) electrons. The van der Waals surface area contributed by atoms with E-state index in [0.717, 1.165) is 24.7 Å². The predicted molar refractivity (Wildman–Crippen MR) is 60.7 cm³/mol. The molecule has 5 nitrogen and oxygen atoms in total. The highest BCUT2D eigenvalue weighted by molar-refractivity contribution is 7.94. The van der Waals surface area contributed by atoms with E-state index < -0.39 is 22.0 Å². The fraction of sp³-hybridized carbons (Fsp3) is 0.700. The minimum Gasteiger partial charge on any atom is -0.450 e. The summed E-state index contributed by atoms with van der Waals surface area (Å²) in [7, 11) is -3.12. The lowest BCUT2D eigenvalue weighted by molar-refractivity contribution is 0.142. The summed E-state index contributed by atoms with van der Waals surface area (Å²) in [4.78, 5) is 11.2. The first-order valence-electron chi connectivity index (χ1n) is 5.38. The molecule has 0 aliphatic carbocycles. The standard InChI is InChI=1S/C10H17NO4S/c1-2-3-4-6-15-10(12)11-9-5-7-16(13,14)8-9/h5,7,9H,2-4,6,8H2,1H3,(H,11,12). The molecule has 0 saturated heterocycles. The second-order valence-electron chi connectivity index (χ2n) is 3.75. The lowest BCUT2D eigenvalue weighted by atomic mass is 10.3. The van der Waals surface area contributed by atoms with Crippen molar-refractivity contribution in [2.24, 2.45) is 0 Å². The van der Waals surface area contributed by atoms with Crippen LogP contribution in [0.4, 0.5) is 4.79 Å². The Balaban J connectivity index is 2.18. The van der Waals surface area contributed by atoms with Gasteiger partial charge in [-0.1, -0.05) is 19.8 Å². The summed E-state index contributed by atoms with van der Waals surface area (Å²) in [5, 5.41) is 3.60. The molecule has 0 aromatic rings. The molecule has 1 aliphatic heterocycles. The highest BCUT2D eigenvalue weighted by atomic mass is 32.2. The molecule has 0 fully saturated rings. The molecule has 1 heterocycles. The van der Waals surface area contributed by atoms with E-state index in [2.05, 4.69) is 12.2 Å². The van der Waals surface area contributed by atoms with E-state index in [9.17, 15) is 13.2 Å². The Morgan fingerprint density at radius 3 is 2.81 bits per heavy atom. The highest BCUT2D eigenvalue weighted by Crippen LogP contribution is 2.07. The van der Waals surface area contributed by atoms with E-state index in [-0.39, 0.29) is 5.75 Å². The Bertz CT molecular complexity index is 361. The normalized spacial score (nSPS) is 21.9. The fourth-order valence-corrected chi connectivity index (χ4v) is 2.61. The lowest BCUT2D eigenvalue weighted by Crippen LogP contribution is -2.36. The van der Waals surface area contributed by atoms with Gasteiger partial charge in [-0.05, 0) is 12.5 Å². The molecule has 6 heteroatoms. The van der Waals surface area contributed by atoms with Crippen molar-refractivity contribution in [1.29, 1.82) is 0 Å². The topological polar surface area (TPSA) is 72.5 Å². The van der Waals surface area contributed by atoms with Gasteiger partial charge in [0.1, 0.15) is 0 Å². The van der Waals surface area contributed by atoms with Gasteiger partial charge in [0.25, 0.3) is 0 Å². The average molecular weight is 247 g/mol. The van der Waals surface area contributed by atoms with Gasteiger partial charge in [-0.3, -0.25) is 0 Å². The molecule has 0 aromatic heterocycles. The van der Waals surface area contributed by atoms with Crippen molar-refractivity contribution in [2.75, 3.05) is 12.4 Å². The Hall–Kier alpha value is -1.04. The molecule has 16 heavy (non-hydrogen) atoms. The van der Waals surface area contributed by atoms with Crippen LogP contribution in [0.2, 0.25) is 0 Å². The molecule has 0 aromatic carbocycles. The van der Waals surface area contributed by atoms with Crippen LogP contribution in [0.15, 0.2) is 11.5 Å². The average Bonchev–Trinajstić information content (AvgIpc) is 2.53.